The highest BCUT2D eigenvalue weighted by atomic mass is 32.2. The molecule has 3 aromatic carbocycles. The monoisotopic (exact) mass is 493 g/mol. The molecule has 9 nitrogen and oxygen atoms in total. The Morgan fingerprint density at radius 2 is 1.50 bits per heavy atom. The first-order valence-corrected chi connectivity index (χ1v) is 10.3. The van der Waals surface area contributed by atoms with E-state index in [4.69, 9.17) is 0 Å². The van der Waals surface area contributed by atoms with E-state index in [-0.39, 0.29) is 10.6 Å². The van der Waals surface area contributed by atoms with Gasteiger partial charge in [-0.05, 0) is 29.8 Å². The van der Waals surface area contributed by atoms with Crippen LogP contribution in [0.5, 0.6) is 5.75 Å². The van der Waals surface area contributed by atoms with Crippen LogP contribution >= 0.6 is 11.8 Å². The van der Waals surface area contributed by atoms with Gasteiger partial charge in [-0.2, -0.15) is 0 Å². The highest BCUT2D eigenvalue weighted by molar-refractivity contribution is 7.98. The van der Waals surface area contributed by atoms with Gasteiger partial charge in [-0.15, -0.1) is 24.9 Å². The summed E-state index contributed by atoms with van der Waals surface area (Å²) < 4.78 is 40.6. The number of nitrogens with zero attached hydrogens (tertiary/aromatic N) is 2. The Balaban J connectivity index is 1.89. The van der Waals surface area contributed by atoms with E-state index in [1.165, 1.54) is 0 Å². The molecule has 1 N–H and O–H groups in total. The molecule has 0 heterocycles. The Hall–Kier alpha value is -4.13. The molecular weight excluding hydrogens is 479 g/mol. The summed E-state index contributed by atoms with van der Waals surface area (Å²) in [5, 5.41) is 25.5. The Morgan fingerprint density at radius 3 is 2.00 bits per heavy atom. The lowest BCUT2D eigenvalue weighted by Crippen LogP contribution is -2.18. The van der Waals surface area contributed by atoms with Crippen LogP contribution in [0.15, 0.2) is 71.6 Å². The zero-order chi connectivity index (χ0) is 24.9. The van der Waals surface area contributed by atoms with Crippen LogP contribution < -0.4 is 10.1 Å². The number of hydrogen-bond acceptors (Lipinski definition) is 7. The molecule has 3 rings (SSSR count). The second-order valence-corrected chi connectivity index (χ2v) is 7.70. The van der Waals surface area contributed by atoms with Gasteiger partial charge in [0.1, 0.15) is 5.75 Å². The van der Waals surface area contributed by atoms with Crippen LogP contribution in [0.4, 0.5) is 30.2 Å². The summed E-state index contributed by atoms with van der Waals surface area (Å²) in [4.78, 5) is 34.4. The van der Waals surface area contributed by atoms with Crippen molar-refractivity contribution in [1.82, 2.24) is 0 Å². The fourth-order valence-corrected chi connectivity index (χ4v) is 3.78. The second kappa shape index (κ2) is 10.2. The molecule has 0 aliphatic carbocycles. The Kier molecular flexibility index (Phi) is 7.36. The zero-order valence-corrected chi connectivity index (χ0v) is 17.8. The number of rotatable bonds is 8. The van der Waals surface area contributed by atoms with Crippen LogP contribution in [-0.4, -0.2) is 22.1 Å². The maximum absolute atomic E-state index is 12.7. The molecule has 0 aliphatic rings. The highest BCUT2D eigenvalue weighted by Gasteiger charge is 2.33. The van der Waals surface area contributed by atoms with Crippen molar-refractivity contribution in [3.8, 4) is 5.75 Å². The summed E-state index contributed by atoms with van der Waals surface area (Å²) in [7, 11) is 0. The van der Waals surface area contributed by atoms with Crippen molar-refractivity contribution in [2.24, 2.45) is 0 Å². The van der Waals surface area contributed by atoms with E-state index in [0.717, 1.165) is 53.7 Å². The minimum Gasteiger partial charge on any atom is -0.406 e. The van der Waals surface area contributed by atoms with Crippen LogP contribution in [0.25, 0.3) is 0 Å². The molecule has 176 valence electrons. The van der Waals surface area contributed by atoms with E-state index >= 15 is 0 Å². The first kappa shape index (κ1) is 24.5. The number of nitrogens with one attached hydrogen (secondary N) is 1. The van der Waals surface area contributed by atoms with Crippen LogP contribution in [0.1, 0.15) is 15.9 Å². The van der Waals surface area contributed by atoms with Gasteiger partial charge < -0.3 is 10.1 Å². The number of thioether (sulfide) groups is 1. The lowest BCUT2D eigenvalue weighted by atomic mass is 10.1. The molecular formula is C21H14F3N3O6S. The lowest BCUT2D eigenvalue weighted by molar-refractivity contribution is -0.394. The number of hydrogen-bond donors (Lipinski definition) is 1. The van der Waals surface area contributed by atoms with E-state index < -0.39 is 44.8 Å². The molecule has 0 spiro atoms. The summed E-state index contributed by atoms with van der Waals surface area (Å²) in [6, 6.07) is 15.1. The third-order valence-corrected chi connectivity index (χ3v) is 5.33. The van der Waals surface area contributed by atoms with Gasteiger partial charge in [0.25, 0.3) is 17.3 Å². The fraction of sp³-hybridized carbons (Fsp3) is 0.0952. The largest absolute Gasteiger partial charge is 0.573 e. The molecule has 0 saturated carbocycles. The number of anilines is 1. The molecule has 0 saturated heterocycles. The standard InChI is InChI=1S/C21H14F3N3O6S/c22-21(23,24)33-15-8-6-14(7-9-15)25-20(28)19-17(26(29)30)10-16(11-18(19)27(31)32)34-12-13-4-2-1-3-5-13/h1-11H,12H2,(H,25,28). The van der Waals surface area contributed by atoms with Crippen molar-refractivity contribution >= 4 is 34.7 Å². The predicted octanol–water partition coefficient (Wildman–Crippen LogP) is 5.95. The molecule has 3 aromatic rings. The summed E-state index contributed by atoms with van der Waals surface area (Å²) in [6.07, 6.45) is -4.91. The number of nitro benzene ring substituents is 2. The summed E-state index contributed by atoms with van der Waals surface area (Å²) in [5.41, 5.74) is -1.50. The average Bonchev–Trinajstić information content (AvgIpc) is 2.78. The number of amides is 1. The van der Waals surface area contributed by atoms with Crippen molar-refractivity contribution in [3.05, 3.63) is 98.1 Å². The zero-order valence-electron chi connectivity index (χ0n) is 16.9. The third-order valence-electron chi connectivity index (χ3n) is 4.28. The minimum absolute atomic E-state index is 0.0503. The number of ether oxygens (including phenoxy) is 1. The topological polar surface area (TPSA) is 125 Å². The maximum Gasteiger partial charge on any atom is 0.573 e. The lowest BCUT2D eigenvalue weighted by Gasteiger charge is -2.11. The van der Waals surface area contributed by atoms with Crippen LogP contribution in [0.2, 0.25) is 0 Å². The van der Waals surface area contributed by atoms with E-state index in [0.29, 0.717) is 5.75 Å². The van der Waals surface area contributed by atoms with E-state index in [1.54, 1.807) is 12.1 Å². The molecule has 34 heavy (non-hydrogen) atoms. The molecule has 0 radical (unpaired) electrons. The Labute approximate surface area is 193 Å². The summed E-state index contributed by atoms with van der Waals surface area (Å²) in [6.45, 7) is 0. The molecule has 0 aromatic heterocycles. The number of carbonyl (C=O) groups is 1. The van der Waals surface area contributed by atoms with Crippen molar-refractivity contribution in [2.75, 3.05) is 5.32 Å². The second-order valence-electron chi connectivity index (χ2n) is 6.65. The molecule has 0 atom stereocenters. The van der Waals surface area contributed by atoms with Gasteiger partial charge in [0.15, 0.2) is 5.56 Å². The first-order valence-electron chi connectivity index (χ1n) is 9.34. The van der Waals surface area contributed by atoms with Crippen LogP contribution in [0.3, 0.4) is 0 Å². The third kappa shape index (κ3) is 6.45. The van der Waals surface area contributed by atoms with Gasteiger partial charge in [0.05, 0.1) is 9.85 Å². The van der Waals surface area contributed by atoms with Crippen molar-refractivity contribution < 1.29 is 32.5 Å². The quantitative estimate of drug-likeness (QED) is 0.234. The van der Waals surface area contributed by atoms with Crippen molar-refractivity contribution in [1.29, 1.82) is 0 Å². The van der Waals surface area contributed by atoms with Crippen molar-refractivity contribution in [3.63, 3.8) is 0 Å². The fourth-order valence-electron chi connectivity index (χ4n) is 2.87. The van der Waals surface area contributed by atoms with E-state index in [9.17, 15) is 38.2 Å². The van der Waals surface area contributed by atoms with Crippen LogP contribution in [-0.2, 0) is 5.75 Å². The summed E-state index contributed by atoms with van der Waals surface area (Å²) in [5.74, 6) is -1.34. The maximum atomic E-state index is 12.7. The Morgan fingerprint density at radius 1 is 0.941 bits per heavy atom. The molecule has 0 bridgehead atoms. The molecule has 0 aliphatic heterocycles. The van der Waals surface area contributed by atoms with Gasteiger partial charge in [-0.25, -0.2) is 0 Å². The molecule has 1 amide bonds. The molecule has 13 heteroatoms. The SMILES string of the molecule is O=C(Nc1ccc(OC(F)(F)F)cc1)c1c([N+](=O)[O-])cc(SCc2ccccc2)cc1[N+](=O)[O-]. The highest BCUT2D eigenvalue weighted by Crippen LogP contribution is 2.36. The number of halogens is 3. The van der Waals surface area contributed by atoms with Gasteiger partial charge in [-0.3, -0.25) is 25.0 Å². The number of alkyl halides is 3. The molecule has 0 unspecified atom stereocenters. The number of nitro groups is 2. The first-order chi connectivity index (χ1) is 16.0. The van der Waals surface area contributed by atoms with E-state index in [2.05, 4.69) is 10.1 Å². The smallest absolute Gasteiger partial charge is 0.406 e. The minimum atomic E-state index is -4.91. The Bertz CT molecular complexity index is 1190. The normalized spacial score (nSPS) is 11.0. The van der Waals surface area contributed by atoms with Gasteiger partial charge in [0.2, 0.25) is 0 Å². The predicted molar refractivity (Wildman–Crippen MR) is 117 cm³/mol. The number of carbonyl (C=O) groups excluding carboxylic acids is 1. The molecule has 0 fully saturated rings. The van der Waals surface area contributed by atoms with Crippen LogP contribution in [0, 0.1) is 20.2 Å². The average molecular weight is 493 g/mol. The summed E-state index contributed by atoms with van der Waals surface area (Å²) >= 11 is 1.12. The van der Waals surface area contributed by atoms with Gasteiger partial charge in [-0.1, -0.05) is 30.3 Å². The van der Waals surface area contributed by atoms with Crippen molar-refractivity contribution in [2.45, 2.75) is 17.0 Å². The number of benzene rings is 3. The van der Waals surface area contributed by atoms with E-state index in [1.807, 2.05) is 18.2 Å². The van der Waals surface area contributed by atoms with Gasteiger partial charge >= 0.3 is 6.36 Å². The van der Waals surface area contributed by atoms with Gasteiger partial charge in [0, 0.05) is 28.5 Å².